The third kappa shape index (κ3) is 1.06. The van der Waals surface area contributed by atoms with Gasteiger partial charge in [0.15, 0.2) is 0 Å². The summed E-state index contributed by atoms with van der Waals surface area (Å²) in [7, 11) is 0. The van der Waals surface area contributed by atoms with Gasteiger partial charge in [-0.2, -0.15) is 0 Å². The molecule has 1 aromatic rings. The van der Waals surface area contributed by atoms with Gasteiger partial charge in [-0.05, 0) is 36.0 Å². The molecule has 0 saturated heterocycles. The van der Waals surface area contributed by atoms with Gasteiger partial charge in [-0.3, -0.25) is 0 Å². The number of benzene rings is 1. The second-order valence-electron chi connectivity index (χ2n) is 3.68. The van der Waals surface area contributed by atoms with E-state index >= 15 is 0 Å². The molecule has 2 atom stereocenters. The molecule has 0 N–H and O–H groups in total. The minimum Gasteiger partial charge on any atom is -0.118 e. The van der Waals surface area contributed by atoms with Gasteiger partial charge in [-0.15, -0.1) is 11.6 Å². The molecule has 0 bridgehead atoms. The van der Waals surface area contributed by atoms with E-state index in [1.165, 1.54) is 16.7 Å². The molecular weight excluding hydrogens is 168 g/mol. The van der Waals surface area contributed by atoms with Gasteiger partial charge in [0.2, 0.25) is 0 Å². The van der Waals surface area contributed by atoms with E-state index in [2.05, 4.69) is 32.0 Å². The maximum atomic E-state index is 6.21. The summed E-state index contributed by atoms with van der Waals surface area (Å²) in [5.41, 5.74) is 4.23. The molecule has 0 saturated carbocycles. The van der Waals surface area contributed by atoms with Crippen molar-refractivity contribution < 1.29 is 0 Å². The molecule has 64 valence electrons. The Morgan fingerprint density at radius 2 is 2.17 bits per heavy atom. The molecule has 2 rings (SSSR count). The van der Waals surface area contributed by atoms with Crippen LogP contribution in [-0.4, -0.2) is 0 Å². The van der Waals surface area contributed by atoms with Crippen LogP contribution in [0.25, 0.3) is 0 Å². The number of halogens is 1. The Hall–Kier alpha value is -0.490. The monoisotopic (exact) mass is 180 g/mol. The van der Waals surface area contributed by atoms with Crippen LogP contribution >= 0.6 is 11.6 Å². The Bertz CT molecular complexity index is 304. The summed E-state index contributed by atoms with van der Waals surface area (Å²) in [6, 6.07) is 6.43. The lowest BCUT2D eigenvalue weighted by Gasteiger charge is -2.07. The highest BCUT2D eigenvalue weighted by Gasteiger charge is 2.27. The molecule has 0 radical (unpaired) electrons. The fraction of sp³-hybridized carbons (Fsp3) is 0.455. The third-order valence-electron chi connectivity index (χ3n) is 2.75. The van der Waals surface area contributed by atoms with Crippen molar-refractivity contribution in [3.05, 3.63) is 34.9 Å². The first kappa shape index (κ1) is 8.12. The van der Waals surface area contributed by atoms with Crippen LogP contribution in [0.15, 0.2) is 18.2 Å². The molecule has 12 heavy (non-hydrogen) atoms. The zero-order valence-electron chi connectivity index (χ0n) is 7.47. The lowest BCUT2D eigenvalue weighted by atomic mass is 9.98. The van der Waals surface area contributed by atoms with Gasteiger partial charge in [0.25, 0.3) is 0 Å². The van der Waals surface area contributed by atoms with E-state index < -0.39 is 0 Å². The average Bonchev–Trinajstić information content (AvgIpc) is 2.29. The van der Waals surface area contributed by atoms with E-state index in [-0.39, 0.29) is 5.38 Å². The smallest absolute Gasteiger partial charge is 0.0593 e. The van der Waals surface area contributed by atoms with Crippen LogP contribution in [0.1, 0.15) is 41.3 Å². The molecule has 1 aliphatic rings. The first-order chi connectivity index (χ1) is 5.70. The fourth-order valence-corrected chi connectivity index (χ4v) is 2.66. The van der Waals surface area contributed by atoms with Crippen LogP contribution in [0.2, 0.25) is 0 Å². The number of hydrogen-bond donors (Lipinski definition) is 0. The van der Waals surface area contributed by atoms with Gasteiger partial charge in [-0.1, -0.05) is 25.1 Å². The normalized spacial score (nSPS) is 27.2. The van der Waals surface area contributed by atoms with Crippen LogP contribution in [0.5, 0.6) is 0 Å². The van der Waals surface area contributed by atoms with Crippen LogP contribution in [-0.2, 0) is 0 Å². The molecule has 1 aliphatic carbocycles. The second-order valence-corrected chi connectivity index (χ2v) is 4.21. The Morgan fingerprint density at radius 3 is 2.83 bits per heavy atom. The minimum atomic E-state index is 0.245. The van der Waals surface area contributed by atoms with Gasteiger partial charge < -0.3 is 0 Å². The van der Waals surface area contributed by atoms with Crippen molar-refractivity contribution in [1.82, 2.24) is 0 Å². The molecule has 0 amide bonds. The zero-order valence-corrected chi connectivity index (χ0v) is 8.23. The van der Waals surface area contributed by atoms with Crippen LogP contribution in [0, 0.1) is 6.92 Å². The van der Waals surface area contributed by atoms with E-state index in [0.29, 0.717) is 5.92 Å². The van der Waals surface area contributed by atoms with Crippen molar-refractivity contribution in [3.8, 4) is 0 Å². The number of hydrogen-bond acceptors (Lipinski definition) is 0. The van der Waals surface area contributed by atoms with Crippen LogP contribution in [0.3, 0.4) is 0 Å². The Balaban J connectivity index is 2.59. The Kier molecular flexibility index (Phi) is 1.88. The van der Waals surface area contributed by atoms with Crippen molar-refractivity contribution in [2.75, 3.05) is 0 Å². The van der Waals surface area contributed by atoms with Crippen molar-refractivity contribution in [2.24, 2.45) is 0 Å². The molecule has 0 aliphatic heterocycles. The summed E-state index contributed by atoms with van der Waals surface area (Å²) in [6.45, 7) is 4.43. The lowest BCUT2D eigenvalue weighted by Crippen LogP contribution is -1.90. The fourth-order valence-electron chi connectivity index (χ4n) is 2.20. The molecule has 0 heterocycles. The first-order valence-corrected chi connectivity index (χ1v) is 4.87. The Morgan fingerprint density at radius 1 is 1.42 bits per heavy atom. The predicted molar refractivity (Wildman–Crippen MR) is 52.8 cm³/mol. The summed E-state index contributed by atoms with van der Waals surface area (Å²) in [5.74, 6) is 0.642. The number of fused-ring (bicyclic) bond motifs is 1. The molecule has 1 aromatic carbocycles. The van der Waals surface area contributed by atoms with Gasteiger partial charge >= 0.3 is 0 Å². The van der Waals surface area contributed by atoms with Gasteiger partial charge in [0, 0.05) is 0 Å². The SMILES string of the molecule is Cc1cccc2c1[C@@H](C)C[C@@H]2Cl. The lowest BCUT2D eigenvalue weighted by molar-refractivity contribution is 0.730. The van der Waals surface area contributed by atoms with Crippen molar-refractivity contribution in [3.63, 3.8) is 0 Å². The van der Waals surface area contributed by atoms with Crippen LogP contribution in [0.4, 0.5) is 0 Å². The molecular formula is C11H13Cl. The second kappa shape index (κ2) is 2.77. The van der Waals surface area contributed by atoms with Crippen molar-refractivity contribution in [2.45, 2.75) is 31.6 Å². The first-order valence-electron chi connectivity index (χ1n) is 4.43. The third-order valence-corrected chi connectivity index (χ3v) is 3.16. The quantitative estimate of drug-likeness (QED) is 0.533. The van der Waals surface area contributed by atoms with E-state index in [9.17, 15) is 0 Å². The molecule has 0 unspecified atom stereocenters. The van der Waals surface area contributed by atoms with Gasteiger partial charge in [0.05, 0.1) is 5.38 Å². The summed E-state index contributed by atoms with van der Waals surface area (Å²) in [5, 5.41) is 0.245. The standard InChI is InChI=1S/C11H13Cl/c1-7-4-3-5-9-10(12)6-8(2)11(7)9/h3-5,8,10H,6H2,1-2H3/t8-,10-/m0/s1. The summed E-state index contributed by atoms with van der Waals surface area (Å²) in [4.78, 5) is 0. The highest BCUT2D eigenvalue weighted by atomic mass is 35.5. The van der Waals surface area contributed by atoms with E-state index in [4.69, 9.17) is 11.6 Å². The molecule has 0 spiro atoms. The highest BCUT2D eigenvalue weighted by molar-refractivity contribution is 6.21. The van der Waals surface area contributed by atoms with E-state index in [1.807, 2.05) is 0 Å². The van der Waals surface area contributed by atoms with Gasteiger partial charge in [0.1, 0.15) is 0 Å². The number of alkyl halides is 1. The highest BCUT2D eigenvalue weighted by Crippen LogP contribution is 2.44. The van der Waals surface area contributed by atoms with Crippen LogP contribution < -0.4 is 0 Å². The number of aryl methyl sites for hydroxylation is 1. The number of rotatable bonds is 0. The summed E-state index contributed by atoms with van der Waals surface area (Å²) < 4.78 is 0. The molecule has 0 fully saturated rings. The average molecular weight is 181 g/mol. The predicted octanol–water partition coefficient (Wildman–Crippen LogP) is 3.78. The summed E-state index contributed by atoms with van der Waals surface area (Å²) in [6.07, 6.45) is 1.10. The topological polar surface area (TPSA) is 0 Å². The van der Waals surface area contributed by atoms with E-state index in [1.54, 1.807) is 0 Å². The van der Waals surface area contributed by atoms with Gasteiger partial charge in [-0.25, -0.2) is 0 Å². The molecule has 0 aromatic heterocycles. The van der Waals surface area contributed by atoms with Crippen molar-refractivity contribution >= 4 is 11.6 Å². The van der Waals surface area contributed by atoms with Crippen molar-refractivity contribution in [1.29, 1.82) is 0 Å². The minimum absolute atomic E-state index is 0.245. The Labute approximate surface area is 78.6 Å². The zero-order chi connectivity index (χ0) is 8.72. The molecule has 0 nitrogen and oxygen atoms in total. The van der Waals surface area contributed by atoms with E-state index in [0.717, 1.165) is 6.42 Å². The largest absolute Gasteiger partial charge is 0.118 e. The summed E-state index contributed by atoms with van der Waals surface area (Å²) >= 11 is 6.21. The maximum absolute atomic E-state index is 6.21. The maximum Gasteiger partial charge on any atom is 0.0593 e. The molecule has 1 heteroatoms.